The number of Topliss-reactive ketones (excluding diaryl/α,β-unsaturated/α-hetero) is 1. The van der Waals surface area contributed by atoms with Crippen LogP contribution in [-0.4, -0.2) is 112 Å². The predicted octanol–water partition coefficient (Wildman–Crippen LogP) is 16.1. The van der Waals surface area contributed by atoms with Crippen LogP contribution >= 0.6 is 0 Å². The number of imidazole rings is 1. The molecule has 0 spiro atoms. The summed E-state index contributed by atoms with van der Waals surface area (Å²) in [6, 6.07) is 56.3. The highest BCUT2D eigenvalue weighted by atomic mass is 16.7. The molecule has 0 saturated heterocycles. The van der Waals surface area contributed by atoms with Gasteiger partial charge >= 0.3 is 0 Å². The number of anilines is 1. The molecule has 6 aliphatic rings. The maximum atomic E-state index is 11.0. The molecule has 0 amide bonds. The number of likely N-dealkylation sites (N-methyl/N-ethyl adjacent to an activating group) is 1. The van der Waals surface area contributed by atoms with Crippen LogP contribution < -0.4 is 47.5 Å². The van der Waals surface area contributed by atoms with Gasteiger partial charge in [-0.1, -0.05) is 99.7 Å². The van der Waals surface area contributed by atoms with E-state index in [0.29, 0.717) is 56.8 Å². The number of hydrogen-bond donors (Lipinski definition) is 0. The molecular formula is C86H89N9O12. The lowest BCUT2D eigenvalue weighted by Crippen LogP contribution is -2.28. The highest BCUT2D eigenvalue weighted by Gasteiger charge is 2.18. The average Bonchev–Trinajstić information content (AvgIpc) is 1.85. The summed E-state index contributed by atoms with van der Waals surface area (Å²) < 4.78 is 53.7. The van der Waals surface area contributed by atoms with E-state index in [1.165, 1.54) is 74.1 Å². The number of benzene rings is 8. The van der Waals surface area contributed by atoms with Crippen LogP contribution in [0.4, 0.5) is 5.69 Å². The zero-order chi connectivity index (χ0) is 75.0. The zero-order valence-electron chi connectivity index (χ0n) is 62.2. The first kappa shape index (κ1) is 75.8. The third-order valence-electron chi connectivity index (χ3n) is 17.2. The summed E-state index contributed by atoms with van der Waals surface area (Å²) in [4.78, 5) is 44.3. The first-order valence-electron chi connectivity index (χ1n) is 35.5. The van der Waals surface area contributed by atoms with Gasteiger partial charge in [-0.3, -0.25) is 9.59 Å². The summed E-state index contributed by atoms with van der Waals surface area (Å²) in [7, 11) is 2.10. The summed E-state index contributed by atoms with van der Waals surface area (Å²) in [5, 5.41) is 10.0. The molecule has 11 heterocycles. The predicted molar refractivity (Wildman–Crippen MR) is 412 cm³/mol. The van der Waals surface area contributed by atoms with Crippen LogP contribution in [0.25, 0.3) is 27.5 Å². The van der Waals surface area contributed by atoms with Crippen LogP contribution in [0.5, 0.6) is 51.9 Å². The highest BCUT2D eigenvalue weighted by Crippen LogP contribution is 2.34. The van der Waals surface area contributed by atoms with Crippen LogP contribution in [0.15, 0.2) is 199 Å². The van der Waals surface area contributed by atoms with E-state index in [1.807, 2.05) is 163 Å². The fourth-order valence-electron chi connectivity index (χ4n) is 11.8. The Balaban J connectivity index is 0.000000121. The summed E-state index contributed by atoms with van der Waals surface area (Å²) in [6.07, 6.45) is 11.1. The Morgan fingerprint density at radius 3 is 1.71 bits per heavy atom. The normalized spacial score (nSPS) is 13.2. The van der Waals surface area contributed by atoms with Crippen LogP contribution in [0.3, 0.4) is 0 Å². The van der Waals surface area contributed by atoms with Gasteiger partial charge in [0, 0.05) is 60.9 Å². The highest BCUT2D eigenvalue weighted by molar-refractivity contribution is 5.84. The van der Waals surface area contributed by atoms with Crippen molar-refractivity contribution in [1.29, 1.82) is 0 Å². The van der Waals surface area contributed by atoms with Gasteiger partial charge < -0.3 is 52.1 Å². The second kappa shape index (κ2) is 37.4. The first-order chi connectivity index (χ1) is 51.9. The summed E-state index contributed by atoms with van der Waals surface area (Å²) in [6.45, 7) is 24.3. The minimum Gasteiger partial charge on any atom is -0.493 e. The van der Waals surface area contributed by atoms with Crippen LogP contribution in [0, 0.1) is 62.3 Å². The monoisotopic (exact) mass is 1440 g/mol. The van der Waals surface area contributed by atoms with Crippen molar-refractivity contribution in [2.45, 2.75) is 94.4 Å². The first-order valence-corrected chi connectivity index (χ1v) is 35.5. The lowest BCUT2D eigenvalue weighted by Gasteiger charge is -2.27. The molecule has 107 heavy (non-hydrogen) atoms. The molecule has 0 aliphatic carbocycles. The largest absolute Gasteiger partial charge is 0.493 e. The molecule has 550 valence electrons. The number of aryl methyl sites for hydroxylation is 10. The number of nitrogens with zero attached hydrogens (tertiary/aromatic N) is 9. The molecule has 0 bridgehead atoms. The number of rotatable bonds is 4. The summed E-state index contributed by atoms with van der Waals surface area (Å²) in [5.41, 5.74) is 18.5. The second-order valence-electron chi connectivity index (χ2n) is 26.3. The Labute approximate surface area is 623 Å². The Morgan fingerprint density at radius 1 is 0.467 bits per heavy atom. The maximum Gasteiger partial charge on any atom is 0.299 e. The Hall–Kier alpha value is -12.4. The number of ether oxygens (including phenoxy) is 9. The van der Waals surface area contributed by atoms with E-state index in [2.05, 4.69) is 132 Å². The fourth-order valence-corrected chi connectivity index (χ4v) is 11.8. The summed E-state index contributed by atoms with van der Waals surface area (Å²) in [5.74, 6) is 9.26. The lowest BCUT2D eigenvalue weighted by atomic mass is 10.0. The van der Waals surface area contributed by atoms with E-state index >= 15 is 0 Å². The van der Waals surface area contributed by atoms with E-state index in [1.54, 1.807) is 16.8 Å². The van der Waals surface area contributed by atoms with Gasteiger partial charge in [0.1, 0.15) is 55.2 Å². The van der Waals surface area contributed by atoms with E-state index in [-0.39, 0.29) is 12.4 Å². The van der Waals surface area contributed by atoms with Crippen molar-refractivity contribution in [3.8, 4) is 51.9 Å². The van der Waals surface area contributed by atoms with Gasteiger partial charge in [-0.2, -0.15) is 10.1 Å². The van der Waals surface area contributed by atoms with Gasteiger partial charge in [0.2, 0.25) is 19.1 Å². The van der Waals surface area contributed by atoms with E-state index in [9.17, 15) is 9.59 Å². The number of pyridine rings is 1. The molecule has 19 rings (SSSR count). The topological polar surface area (TPSA) is 228 Å². The van der Waals surface area contributed by atoms with Crippen molar-refractivity contribution in [2.75, 3.05) is 64.9 Å². The molecule has 8 aromatic carbocycles. The molecule has 6 aliphatic heterocycles. The third-order valence-corrected chi connectivity index (χ3v) is 17.2. The van der Waals surface area contributed by atoms with Crippen molar-refractivity contribution < 1.29 is 56.7 Å². The molecule has 0 saturated carbocycles. The van der Waals surface area contributed by atoms with Gasteiger partial charge in [0.15, 0.2) is 40.3 Å². The SMILES string of the molecule is Cc1ccc2c(c1)CC(=O)CO2.Cc1ccc2c(c1)CCCO2.Cc1ccc2c(c1)CCO2.Cc1ccc2c(c1)N(C)CCO2.Cc1ccc2c(c1)OCCO2.Cc1ccc2c(c1)OCO2.Cc1ccc2nc(Cc3ncon3)ncc2c1.Cc1ccc2nc(OC=O)ccc2c1.Cc1ccc2nccn2n1. The molecule has 0 radical (unpaired) electrons. The van der Waals surface area contributed by atoms with Gasteiger partial charge in [-0.15, -0.1) is 0 Å². The van der Waals surface area contributed by atoms with Gasteiger partial charge in [0.05, 0.1) is 48.6 Å². The molecule has 0 unspecified atom stereocenters. The number of hydrogen-bond acceptors (Lipinski definition) is 20. The van der Waals surface area contributed by atoms with E-state index in [4.69, 9.17) is 37.9 Å². The molecule has 5 aromatic heterocycles. The molecule has 13 aromatic rings. The molecule has 21 heteroatoms. The molecule has 0 fully saturated rings. The number of ketones is 1. The van der Waals surface area contributed by atoms with Gasteiger partial charge in [0.25, 0.3) is 6.47 Å². The Morgan fingerprint density at radius 2 is 1.02 bits per heavy atom. The fraction of sp³-hybridized carbons (Fsp3) is 0.267. The zero-order valence-corrected chi connectivity index (χ0v) is 62.2. The Bertz CT molecular complexity index is 5030. The second-order valence-corrected chi connectivity index (χ2v) is 26.3. The lowest BCUT2D eigenvalue weighted by molar-refractivity contribution is -0.121. The minimum atomic E-state index is 0.160. The van der Waals surface area contributed by atoms with Crippen molar-refractivity contribution in [2.24, 2.45) is 0 Å². The minimum absolute atomic E-state index is 0.160. The van der Waals surface area contributed by atoms with Crippen LogP contribution in [-0.2, 0) is 35.3 Å². The van der Waals surface area contributed by atoms with Crippen molar-refractivity contribution >= 4 is 45.4 Å². The third kappa shape index (κ3) is 22.3. The molecule has 21 nitrogen and oxygen atoms in total. The summed E-state index contributed by atoms with van der Waals surface area (Å²) >= 11 is 0. The van der Waals surface area contributed by atoms with Gasteiger partial charge in [-0.25, -0.2) is 24.5 Å². The maximum absolute atomic E-state index is 11.0. The average molecular weight is 1440 g/mol. The van der Waals surface area contributed by atoms with Gasteiger partial charge in [-0.05, 0) is 200 Å². The van der Waals surface area contributed by atoms with E-state index < -0.39 is 0 Å². The Kier molecular flexibility index (Phi) is 26.4. The number of aromatic nitrogens is 8. The number of carbonyl (C=O) groups excluding carboxylic acids is 2. The van der Waals surface area contributed by atoms with Crippen molar-refractivity contribution in [3.63, 3.8) is 0 Å². The molecule has 0 atom stereocenters. The quantitative estimate of drug-likeness (QED) is 0.149. The molecular weight excluding hydrogens is 1350 g/mol. The van der Waals surface area contributed by atoms with Crippen molar-refractivity contribution in [3.05, 3.63) is 273 Å². The van der Waals surface area contributed by atoms with Crippen molar-refractivity contribution in [1.82, 2.24) is 39.7 Å². The van der Waals surface area contributed by atoms with Crippen LogP contribution in [0.2, 0.25) is 0 Å². The molecule has 0 N–H and O–H groups in total. The number of carbonyl (C=O) groups is 2. The number of fused-ring (bicyclic) bond motifs is 9. The van der Waals surface area contributed by atoms with E-state index in [0.717, 1.165) is 124 Å². The standard InChI is InChI=1S/C12H10N4O.C11H9NO2.C10H13NO.C10H10O2.C10H12O.C9H10O2.C9H10O.C8H8O2.C7H7N3/c1-8-2-3-10-9(4-8)6-13-11(15-10)5-12-14-7-17-16-12;1-8-2-4-10-9(6-8)3-5-11(12-10)14-7-13;1-8-3-4-10-9(7-8)11(2)5-6-12-10;1-7-2-3-10-8(4-7)5-9(11)6-12-10;1-8-4-5-10-9(7-8)3-2-6-11-10;1-7-2-3-8-9(6-7)11-5-4-10-8;1-7-2-3-9-8(6-7)4-5-10-9;1-6-2-3-7-8(4-6)10-5-9-7;1-6-2-3-7-8-4-5-10(7)9-6/h2-4,6-7H,5H2,1H3;2-7H,1H3;3-4,7H,5-6H2,1-2H3;2-4H,5-6H2,1H3;4-5,7H,2-3,6H2,1H3;2-3,6H,4-5H2,1H3;2-3,6H,4-5H2,1H3;2-4H,5H2,1H3;2-5H,1H3. The smallest absolute Gasteiger partial charge is 0.299 e. The van der Waals surface area contributed by atoms with Crippen LogP contribution in [0.1, 0.15) is 85.0 Å².